The fourth-order valence-corrected chi connectivity index (χ4v) is 4.51. The number of alkyl halides is 6. The summed E-state index contributed by atoms with van der Waals surface area (Å²) in [5.74, 6) is -14.5. The fraction of sp³-hybridized carbons (Fsp3) is 0.0968. The molecule has 4 N–H and O–H groups in total. The van der Waals surface area contributed by atoms with E-state index in [0.29, 0.717) is 24.3 Å². The Labute approximate surface area is 258 Å². The number of carboxylic acids is 4. The first-order valence-corrected chi connectivity index (χ1v) is 12.8. The Morgan fingerprint density at radius 2 is 0.830 bits per heavy atom. The van der Waals surface area contributed by atoms with Gasteiger partial charge < -0.3 is 29.9 Å². The first kappa shape index (κ1) is 33.8. The monoisotopic (exact) mass is 664 g/mol. The van der Waals surface area contributed by atoms with Gasteiger partial charge in [-0.15, -0.1) is 0 Å². The minimum atomic E-state index is -6.42. The van der Waals surface area contributed by atoms with Crippen molar-refractivity contribution in [1.29, 1.82) is 0 Å². The van der Waals surface area contributed by atoms with Gasteiger partial charge in [-0.05, 0) is 48.5 Å². The van der Waals surface area contributed by atoms with E-state index >= 15 is 4.39 Å². The molecule has 0 aromatic heterocycles. The lowest BCUT2D eigenvalue weighted by atomic mass is 9.82. The SMILES string of the molecule is O=C(O)c1cccc(Oc2ccc(C(F)(c3ccc(Oc4cccc(C(=O)O)c4C(=O)O)cc3)C(F)(F)C(F)(F)F)cc2)c1C(=O)O. The normalized spacial score (nSPS) is 11.9. The Morgan fingerprint density at radius 3 is 1.11 bits per heavy atom. The molecule has 0 fully saturated rings. The zero-order valence-corrected chi connectivity index (χ0v) is 23.1. The first-order chi connectivity index (χ1) is 21.9. The van der Waals surface area contributed by atoms with Gasteiger partial charge in [0.15, 0.2) is 0 Å². The van der Waals surface area contributed by atoms with Crippen LogP contribution in [0.4, 0.5) is 26.3 Å². The standard InChI is InChI=1S/C31H18F6O10/c32-29(30(33,34)31(35,36)37,15-7-11-17(12-8-15)46-21-5-1-3-19(25(38)39)23(21)27(42)43)16-9-13-18(14-10-16)47-22-6-2-4-20(26(40)41)24(22)28(44)45/h1-14H,(H,38,39)(H,40,41)(H,42,43)(H,44,45). The van der Waals surface area contributed by atoms with Crippen LogP contribution in [0, 0.1) is 0 Å². The van der Waals surface area contributed by atoms with E-state index < -0.39 is 86.5 Å². The van der Waals surface area contributed by atoms with Crippen LogP contribution in [-0.2, 0) is 5.67 Å². The summed E-state index contributed by atoms with van der Waals surface area (Å²) >= 11 is 0. The molecule has 0 aliphatic carbocycles. The molecule has 0 heterocycles. The van der Waals surface area contributed by atoms with Crippen molar-refractivity contribution in [2.75, 3.05) is 0 Å². The Hall–Kier alpha value is -6.06. The third-order valence-electron chi connectivity index (χ3n) is 6.69. The van der Waals surface area contributed by atoms with Crippen molar-refractivity contribution < 1.29 is 75.4 Å². The van der Waals surface area contributed by atoms with Crippen LogP contribution in [0.15, 0.2) is 84.9 Å². The van der Waals surface area contributed by atoms with Crippen molar-refractivity contribution in [2.24, 2.45) is 0 Å². The van der Waals surface area contributed by atoms with Crippen LogP contribution in [0.5, 0.6) is 23.0 Å². The number of aromatic carboxylic acids is 4. The van der Waals surface area contributed by atoms with Crippen LogP contribution in [0.2, 0.25) is 0 Å². The second-order valence-electron chi connectivity index (χ2n) is 9.56. The molecule has 0 saturated heterocycles. The van der Waals surface area contributed by atoms with Crippen molar-refractivity contribution in [3.8, 4) is 23.0 Å². The molecule has 0 amide bonds. The molecule has 0 bridgehead atoms. The summed E-state index contributed by atoms with van der Waals surface area (Å²) in [7, 11) is 0. The Morgan fingerprint density at radius 1 is 0.489 bits per heavy atom. The molecule has 4 aromatic rings. The van der Waals surface area contributed by atoms with Crippen molar-refractivity contribution in [3.05, 3.63) is 118 Å². The predicted octanol–water partition coefficient (Wildman–Crippen LogP) is 7.47. The maximum Gasteiger partial charge on any atom is 0.457 e. The van der Waals surface area contributed by atoms with Gasteiger partial charge >= 0.3 is 36.0 Å². The molecular weight excluding hydrogens is 646 g/mol. The molecule has 4 aromatic carbocycles. The molecule has 47 heavy (non-hydrogen) atoms. The molecule has 0 aliphatic heterocycles. The highest BCUT2D eigenvalue weighted by molar-refractivity contribution is 6.04. The zero-order chi connectivity index (χ0) is 34.9. The highest BCUT2D eigenvalue weighted by atomic mass is 19.4. The van der Waals surface area contributed by atoms with Crippen LogP contribution < -0.4 is 9.47 Å². The van der Waals surface area contributed by atoms with Gasteiger partial charge in [-0.1, -0.05) is 36.4 Å². The lowest BCUT2D eigenvalue weighted by Crippen LogP contribution is -2.53. The number of rotatable bonds is 11. The number of carboxylic acid groups (broad SMARTS) is 4. The van der Waals surface area contributed by atoms with E-state index in [0.717, 1.165) is 60.7 Å². The number of halogens is 6. The highest BCUT2D eigenvalue weighted by Gasteiger charge is 2.72. The number of benzene rings is 4. The Balaban J connectivity index is 1.74. The summed E-state index contributed by atoms with van der Waals surface area (Å²) in [5, 5.41) is 37.4. The van der Waals surface area contributed by atoms with Crippen molar-refractivity contribution in [2.45, 2.75) is 17.8 Å². The largest absolute Gasteiger partial charge is 0.478 e. The minimum Gasteiger partial charge on any atom is -0.478 e. The number of hydrogen-bond acceptors (Lipinski definition) is 6. The van der Waals surface area contributed by atoms with E-state index in [-0.39, 0.29) is 11.5 Å². The molecule has 244 valence electrons. The quantitative estimate of drug-likeness (QED) is 0.118. The van der Waals surface area contributed by atoms with E-state index in [1.807, 2.05) is 0 Å². The third kappa shape index (κ3) is 6.25. The highest BCUT2D eigenvalue weighted by Crippen LogP contribution is 2.54. The van der Waals surface area contributed by atoms with Gasteiger partial charge in [0.2, 0.25) is 5.67 Å². The van der Waals surface area contributed by atoms with Gasteiger partial charge in [-0.25, -0.2) is 23.6 Å². The van der Waals surface area contributed by atoms with Gasteiger partial charge in [0.1, 0.15) is 34.1 Å². The molecule has 0 saturated carbocycles. The lowest BCUT2D eigenvalue weighted by molar-refractivity contribution is -0.323. The smallest absolute Gasteiger partial charge is 0.457 e. The van der Waals surface area contributed by atoms with Gasteiger partial charge in [-0.3, -0.25) is 0 Å². The van der Waals surface area contributed by atoms with Crippen molar-refractivity contribution in [1.82, 2.24) is 0 Å². The summed E-state index contributed by atoms with van der Waals surface area (Å²) in [6, 6.07) is 11.5. The maximum atomic E-state index is 16.4. The topological polar surface area (TPSA) is 168 Å². The average Bonchev–Trinajstić information content (AvgIpc) is 3.00. The van der Waals surface area contributed by atoms with Gasteiger partial charge in [0.25, 0.3) is 0 Å². The van der Waals surface area contributed by atoms with Crippen molar-refractivity contribution >= 4 is 23.9 Å². The third-order valence-corrected chi connectivity index (χ3v) is 6.69. The number of ether oxygens (including phenoxy) is 2. The summed E-state index contributed by atoms with van der Waals surface area (Å²) < 4.78 is 97.9. The van der Waals surface area contributed by atoms with Crippen LogP contribution >= 0.6 is 0 Å². The van der Waals surface area contributed by atoms with E-state index in [4.69, 9.17) is 9.47 Å². The van der Waals surface area contributed by atoms with E-state index in [1.165, 1.54) is 0 Å². The molecule has 0 unspecified atom stereocenters. The Bertz CT molecular complexity index is 1750. The predicted molar refractivity (Wildman–Crippen MR) is 147 cm³/mol. The lowest BCUT2D eigenvalue weighted by Gasteiger charge is -2.35. The van der Waals surface area contributed by atoms with Crippen molar-refractivity contribution in [3.63, 3.8) is 0 Å². The molecule has 16 heteroatoms. The zero-order valence-electron chi connectivity index (χ0n) is 23.1. The molecule has 0 radical (unpaired) electrons. The maximum absolute atomic E-state index is 16.4. The van der Waals surface area contributed by atoms with Gasteiger partial charge in [-0.2, -0.15) is 22.0 Å². The van der Waals surface area contributed by atoms with Gasteiger partial charge in [0.05, 0.1) is 11.1 Å². The summed E-state index contributed by atoms with van der Waals surface area (Å²) in [4.78, 5) is 46.1. The second kappa shape index (κ2) is 12.4. The summed E-state index contributed by atoms with van der Waals surface area (Å²) in [6.07, 6.45) is -6.42. The minimum absolute atomic E-state index is 0.377. The fourth-order valence-electron chi connectivity index (χ4n) is 4.51. The van der Waals surface area contributed by atoms with Crippen LogP contribution in [-0.4, -0.2) is 56.4 Å². The van der Waals surface area contributed by atoms with Gasteiger partial charge in [0, 0.05) is 11.1 Å². The molecule has 10 nitrogen and oxygen atoms in total. The molecule has 0 aliphatic rings. The summed E-state index contributed by atoms with van der Waals surface area (Å²) in [5.41, 5.74) is -9.95. The summed E-state index contributed by atoms with van der Waals surface area (Å²) in [6.45, 7) is 0. The van der Waals surface area contributed by atoms with E-state index in [9.17, 15) is 61.6 Å². The average molecular weight is 664 g/mol. The second-order valence-corrected chi connectivity index (χ2v) is 9.56. The first-order valence-electron chi connectivity index (χ1n) is 12.8. The molecule has 0 spiro atoms. The molecular formula is C31H18F6O10. The molecule has 4 rings (SSSR count). The van der Waals surface area contributed by atoms with E-state index in [2.05, 4.69) is 0 Å². The molecule has 0 atom stereocenters. The Kier molecular flexibility index (Phi) is 8.91. The van der Waals surface area contributed by atoms with Crippen LogP contribution in [0.25, 0.3) is 0 Å². The van der Waals surface area contributed by atoms with Crippen LogP contribution in [0.3, 0.4) is 0 Å². The van der Waals surface area contributed by atoms with Crippen LogP contribution in [0.1, 0.15) is 52.6 Å². The number of carbonyl (C=O) groups is 4. The number of hydrogen-bond donors (Lipinski definition) is 4. The van der Waals surface area contributed by atoms with E-state index in [1.54, 1.807) is 0 Å².